The van der Waals surface area contributed by atoms with E-state index in [1.165, 1.54) is 0 Å². The molecule has 16 heavy (non-hydrogen) atoms. The van der Waals surface area contributed by atoms with Crippen molar-refractivity contribution in [2.24, 2.45) is 5.92 Å². The van der Waals surface area contributed by atoms with Gasteiger partial charge in [-0.1, -0.05) is 32.5 Å². The predicted molar refractivity (Wildman–Crippen MR) is 68.7 cm³/mol. The van der Waals surface area contributed by atoms with Gasteiger partial charge in [0.25, 0.3) is 0 Å². The summed E-state index contributed by atoms with van der Waals surface area (Å²) in [5.41, 5.74) is 5.65. The highest BCUT2D eigenvalue weighted by molar-refractivity contribution is 7.99. The third kappa shape index (κ3) is 3.52. The Balaban J connectivity index is 2.88. The van der Waals surface area contributed by atoms with E-state index in [2.05, 4.69) is 35.7 Å². The molecule has 0 saturated heterocycles. The Bertz CT molecular complexity index is 353. The Labute approximate surface area is 101 Å². The van der Waals surface area contributed by atoms with E-state index in [-0.39, 0.29) is 5.95 Å². The summed E-state index contributed by atoms with van der Waals surface area (Å²) in [6.45, 7) is 6.51. The van der Waals surface area contributed by atoms with Gasteiger partial charge in [0.1, 0.15) is 0 Å². The van der Waals surface area contributed by atoms with Crippen molar-refractivity contribution in [3.05, 3.63) is 0 Å². The summed E-state index contributed by atoms with van der Waals surface area (Å²) >= 11 is 1.63. The van der Waals surface area contributed by atoms with Crippen LogP contribution in [0.1, 0.15) is 20.8 Å². The van der Waals surface area contributed by atoms with Crippen LogP contribution in [0.3, 0.4) is 0 Å². The van der Waals surface area contributed by atoms with Gasteiger partial charge in [0.05, 0.1) is 0 Å². The van der Waals surface area contributed by atoms with Crippen LogP contribution in [-0.2, 0) is 0 Å². The van der Waals surface area contributed by atoms with Gasteiger partial charge in [-0.15, -0.1) is 0 Å². The molecule has 0 spiro atoms. The lowest BCUT2D eigenvalue weighted by Gasteiger charge is -2.15. The minimum absolute atomic E-state index is 0.275. The van der Waals surface area contributed by atoms with Gasteiger partial charge >= 0.3 is 0 Å². The fraction of sp³-hybridized carbons (Fsp3) is 0.700. The smallest absolute Gasteiger partial charge is 0.230 e. The molecule has 90 valence electrons. The Kier molecular flexibility index (Phi) is 4.35. The number of aromatic nitrogens is 3. The number of hydrogen-bond donors (Lipinski definition) is 1. The van der Waals surface area contributed by atoms with Gasteiger partial charge in [-0.3, -0.25) is 0 Å². The van der Waals surface area contributed by atoms with Crippen LogP contribution in [0.25, 0.3) is 0 Å². The van der Waals surface area contributed by atoms with Gasteiger partial charge in [0, 0.05) is 19.3 Å². The molecule has 0 amide bonds. The first kappa shape index (κ1) is 13.0. The maximum Gasteiger partial charge on any atom is 0.230 e. The van der Waals surface area contributed by atoms with Crippen molar-refractivity contribution in [1.82, 2.24) is 15.0 Å². The summed E-state index contributed by atoms with van der Waals surface area (Å²) in [5, 5.41) is 1.15. The van der Waals surface area contributed by atoms with Crippen molar-refractivity contribution >= 4 is 23.7 Å². The molecule has 1 aromatic rings. The lowest BCUT2D eigenvalue weighted by molar-refractivity contribution is 0.640. The van der Waals surface area contributed by atoms with Crippen LogP contribution in [0.4, 0.5) is 11.9 Å². The van der Waals surface area contributed by atoms with Crippen molar-refractivity contribution in [3.63, 3.8) is 0 Å². The highest BCUT2D eigenvalue weighted by Crippen LogP contribution is 2.25. The van der Waals surface area contributed by atoms with Crippen LogP contribution in [0.5, 0.6) is 0 Å². The molecule has 5 nitrogen and oxygen atoms in total. The van der Waals surface area contributed by atoms with E-state index in [0.29, 0.717) is 22.3 Å². The molecule has 0 bridgehead atoms. The Morgan fingerprint density at radius 3 is 2.25 bits per heavy atom. The molecular weight excluding hydrogens is 222 g/mol. The minimum atomic E-state index is 0.275. The Morgan fingerprint density at radius 1 is 1.12 bits per heavy atom. The summed E-state index contributed by atoms with van der Waals surface area (Å²) in [7, 11) is 3.77. The highest BCUT2D eigenvalue weighted by Gasteiger charge is 2.13. The average molecular weight is 241 g/mol. The molecule has 2 N–H and O–H groups in total. The number of nitrogens with two attached hydrogens (primary N) is 1. The number of hydrogen-bond acceptors (Lipinski definition) is 6. The largest absolute Gasteiger partial charge is 0.368 e. The molecule has 0 radical (unpaired) electrons. The van der Waals surface area contributed by atoms with Crippen LogP contribution >= 0.6 is 11.8 Å². The summed E-state index contributed by atoms with van der Waals surface area (Å²) < 4.78 is 0. The second kappa shape index (κ2) is 5.34. The molecule has 1 aromatic heterocycles. The molecule has 1 rings (SSSR count). The van der Waals surface area contributed by atoms with Crippen LogP contribution in [0, 0.1) is 5.92 Å². The van der Waals surface area contributed by atoms with E-state index in [0.717, 1.165) is 0 Å². The van der Waals surface area contributed by atoms with Gasteiger partial charge in [-0.2, -0.15) is 15.0 Å². The Hall–Kier alpha value is -1.04. The van der Waals surface area contributed by atoms with Crippen LogP contribution < -0.4 is 10.6 Å². The van der Waals surface area contributed by atoms with Gasteiger partial charge in [-0.25, -0.2) is 0 Å². The van der Waals surface area contributed by atoms with E-state index >= 15 is 0 Å². The standard InChI is InChI=1S/C10H19N5S/c1-6(2)7(3)16-10-13-8(11)12-9(14-10)15(4)5/h6-7H,1-5H3,(H2,11,12,13,14). The number of nitrogens with zero attached hydrogens (tertiary/aromatic N) is 4. The lowest BCUT2D eigenvalue weighted by atomic mass is 10.2. The number of nitrogen functional groups attached to an aromatic ring is 1. The summed E-state index contributed by atoms with van der Waals surface area (Å²) in [6, 6.07) is 0. The van der Waals surface area contributed by atoms with Crippen molar-refractivity contribution in [3.8, 4) is 0 Å². The molecule has 0 aliphatic carbocycles. The minimum Gasteiger partial charge on any atom is -0.368 e. The first-order valence-electron chi connectivity index (χ1n) is 5.25. The van der Waals surface area contributed by atoms with E-state index in [1.54, 1.807) is 11.8 Å². The van der Waals surface area contributed by atoms with Gasteiger partial charge < -0.3 is 10.6 Å². The second-order valence-corrected chi connectivity index (χ2v) is 5.58. The van der Waals surface area contributed by atoms with E-state index in [1.807, 2.05) is 19.0 Å². The first-order valence-corrected chi connectivity index (χ1v) is 6.13. The van der Waals surface area contributed by atoms with E-state index in [4.69, 9.17) is 5.73 Å². The number of thioether (sulfide) groups is 1. The van der Waals surface area contributed by atoms with E-state index < -0.39 is 0 Å². The predicted octanol–water partition coefficient (Wildman–Crippen LogP) is 1.66. The second-order valence-electron chi connectivity index (χ2n) is 4.24. The average Bonchev–Trinajstić information content (AvgIpc) is 2.16. The van der Waals surface area contributed by atoms with Gasteiger partial charge in [0.2, 0.25) is 11.9 Å². The molecule has 0 aliphatic heterocycles. The number of anilines is 2. The van der Waals surface area contributed by atoms with Crippen molar-refractivity contribution in [1.29, 1.82) is 0 Å². The molecular formula is C10H19N5S. The van der Waals surface area contributed by atoms with E-state index in [9.17, 15) is 0 Å². The monoisotopic (exact) mass is 241 g/mol. The zero-order chi connectivity index (χ0) is 12.3. The quantitative estimate of drug-likeness (QED) is 0.809. The molecule has 0 aliphatic rings. The fourth-order valence-electron chi connectivity index (χ4n) is 0.916. The SMILES string of the molecule is CC(C)C(C)Sc1nc(N)nc(N(C)C)n1. The highest BCUT2D eigenvalue weighted by atomic mass is 32.2. The summed E-state index contributed by atoms with van der Waals surface area (Å²) in [5.74, 6) is 1.45. The zero-order valence-corrected chi connectivity index (χ0v) is 11.2. The fourth-order valence-corrected chi connectivity index (χ4v) is 1.80. The maximum atomic E-state index is 5.65. The Morgan fingerprint density at radius 2 is 1.75 bits per heavy atom. The molecule has 1 heterocycles. The van der Waals surface area contributed by atoms with Gasteiger partial charge in [0.15, 0.2) is 5.16 Å². The number of rotatable bonds is 4. The third-order valence-corrected chi connectivity index (χ3v) is 3.56. The first-order chi connectivity index (χ1) is 7.40. The summed E-state index contributed by atoms with van der Waals surface area (Å²) in [4.78, 5) is 14.3. The molecule has 0 saturated carbocycles. The topological polar surface area (TPSA) is 67.9 Å². The van der Waals surface area contributed by atoms with Gasteiger partial charge in [-0.05, 0) is 5.92 Å². The third-order valence-electron chi connectivity index (χ3n) is 2.25. The zero-order valence-electron chi connectivity index (χ0n) is 10.4. The summed E-state index contributed by atoms with van der Waals surface area (Å²) in [6.07, 6.45) is 0. The molecule has 1 unspecified atom stereocenters. The van der Waals surface area contributed by atoms with Crippen molar-refractivity contribution in [2.45, 2.75) is 31.2 Å². The van der Waals surface area contributed by atoms with Crippen molar-refractivity contribution in [2.75, 3.05) is 24.7 Å². The van der Waals surface area contributed by atoms with Crippen LogP contribution in [0.15, 0.2) is 5.16 Å². The molecule has 1 atom stereocenters. The normalized spacial score (nSPS) is 12.9. The molecule has 0 fully saturated rings. The molecule has 0 aromatic carbocycles. The van der Waals surface area contributed by atoms with Crippen LogP contribution in [0.2, 0.25) is 0 Å². The molecule has 6 heteroatoms. The van der Waals surface area contributed by atoms with Crippen LogP contribution in [-0.4, -0.2) is 34.3 Å². The van der Waals surface area contributed by atoms with Crippen molar-refractivity contribution < 1.29 is 0 Å². The lowest BCUT2D eigenvalue weighted by Crippen LogP contribution is -2.16. The maximum absolute atomic E-state index is 5.65.